The Bertz CT molecular complexity index is 356. The van der Waals surface area contributed by atoms with Crippen LogP contribution in [-0.2, 0) is 0 Å². The Kier molecular flexibility index (Phi) is 2.96. The molecule has 0 aliphatic heterocycles. The number of nitrogen functional groups attached to an aromatic ring is 1. The Hall–Kier alpha value is -1.28. The van der Waals surface area contributed by atoms with E-state index in [0.717, 1.165) is 11.5 Å². The second-order valence-electron chi connectivity index (χ2n) is 4.30. The number of anilines is 2. The fourth-order valence-corrected chi connectivity index (χ4v) is 1.54. The molecule has 0 spiro atoms. The maximum Gasteiger partial charge on any atom is 0.157 e. The second kappa shape index (κ2) is 3.84. The highest BCUT2D eigenvalue weighted by molar-refractivity contribution is 7.10. The maximum atomic E-state index is 8.81. The first kappa shape index (κ1) is 10.8. The van der Waals surface area contributed by atoms with Crippen LogP contribution in [0.4, 0.5) is 10.8 Å². The van der Waals surface area contributed by atoms with Crippen molar-refractivity contribution in [3.63, 3.8) is 0 Å². The summed E-state index contributed by atoms with van der Waals surface area (Å²) in [4.78, 5) is 0. The number of nitrogens with two attached hydrogens (primary N) is 1. The highest BCUT2D eigenvalue weighted by Gasteiger charge is 2.14. The number of aromatic nitrogens is 1. The smallest absolute Gasteiger partial charge is 0.157 e. The van der Waals surface area contributed by atoms with Gasteiger partial charge in [-0.15, -0.1) is 0 Å². The molecule has 0 aliphatic rings. The molecule has 0 atom stereocenters. The molecule has 0 aromatic carbocycles. The van der Waals surface area contributed by atoms with E-state index in [1.54, 1.807) is 0 Å². The molecule has 1 aromatic rings. The summed E-state index contributed by atoms with van der Waals surface area (Å²) in [6.07, 6.45) is 0. The van der Waals surface area contributed by atoms with Gasteiger partial charge in [0.2, 0.25) is 0 Å². The van der Waals surface area contributed by atoms with E-state index in [4.69, 9.17) is 11.0 Å². The van der Waals surface area contributed by atoms with Gasteiger partial charge in [0.05, 0.1) is 0 Å². The van der Waals surface area contributed by atoms with Gasteiger partial charge in [-0.25, -0.2) is 0 Å². The van der Waals surface area contributed by atoms with Crippen LogP contribution in [0.25, 0.3) is 0 Å². The Labute approximate surface area is 87.9 Å². The van der Waals surface area contributed by atoms with E-state index in [-0.39, 0.29) is 5.41 Å². The zero-order valence-corrected chi connectivity index (χ0v) is 9.40. The number of nitrogens with zero attached hydrogens (tertiary/aromatic N) is 2. The summed E-state index contributed by atoms with van der Waals surface area (Å²) in [6.45, 7) is 7.16. The largest absolute Gasteiger partial charge is 0.382 e. The van der Waals surface area contributed by atoms with Crippen LogP contribution >= 0.6 is 11.5 Å². The summed E-state index contributed by atoms with van der Waals surface area (Å²) in [5, 5.41) is 12.8. The van der Waals surface area contributed by atoms with Crippen LogP contribution in [0.1, 0.15) is 26.3 Å². The van der Waals surface area contributed by atoms with Crippen molar-refractivity contribution in [2.45, 2.75) is 20.8 Å². The van der Waals surface area contributed by atoms with Crippen molar-refractivity contribution >= 4 is 22.4 Å². The molecule has 14 heavy (non-hydrogen) atoms. The van der Waals surface area contributed by atoms with Gasteiger partial charge >= 0.3 is 0 Å². The van der Waals surface area contributed by atoms with Crippen molar-refractivity contribution < 1.29 is 0 Å². The third-order valence-corrected chi connectivity index (χ3v) is 2.43. The molecule has 5 heteroatoms. The number of hydrogen-bond donors (Lipinski definition) is 2. The highest BCUT2D eigenvalue weighted by atomic mass is 32.1. The first-order chi connectivity index (χ1) is 6.44. The van der Waals surface area contributed by atoms with Gasteiger partial charge in [0.25, 0.3) is 0 Å². The topological polar surface area (TPSA) is 74.7 Å². The van der Waals surface area contributed by atoms with Crippen molar-refractivity contribution in [3.8, 4) is 6.07 Å². The van der Waals surface area contributed by atoms with E-state index >= 15 is 0 Å². The molecule has 0 saturated carbocycles. The van der Waals surface area contributed by atoms with Crippen LogP contribution in [0, 0.1) is 16.7 Å². The molecule has 1 rings (SSSR count). The van der Waals surface area contributed by atoms with Gasteiger partial charge in [0, 0.05) is 6.54 Å². The third kappa shape index (κ3) is 2.60. The van der Waals surface area contributed by atoms with E-state index < -0.39 is 0 Å². The molecule has 0 amide bonds. The average molecular weight is 210 g/mol. The summed E-state index contributed by atoms with van der Waals surface area (Å²) >= 11 is 1.23. The SMILES string of the molecule is CC(C)(C)CNc1snc(N)c1C#N. The van der Waals surface area contributed by atoms with E-state index in [9.17, 15) is 0 Å². The first-order valence-electron chi connectivity index (χ1n) is 4.33. The summed E-state index contributed by atoms with van der Waals surface area (Å²) in [5.74, 6) is 0.314. The van der Waals surface area contributed by atoms with E-state index in [1.807, 2.05) is 6.07 Å². The predicted octanol–water partition coefficient (Wildman–Crippen LogP) is 2.05. The lowest BCUT2D eigenvalue weighted by molar-refractivity contribution is 0.443. The molecule has 0 fully saturated rings. The van der Waals surface area contributed by atoms with Crippen LogP contribution in [-0.4, -0.2) is 10.9 Å². The molecule has 1 aromatic heterocycles. The van der Waals surface area contributed by atoms with Crippen molar-refractivity contribution in [2.24, 2.45) is 5.41 Å². The Balaban J connectivity index is 2.74. The van der Waals surface area contributed by atoms with Gasteiger partial charge in [-0.05, 0) is 16.9 Å². The number of nitriles is 1. The standard InChI is InChI=1S/C9H14N4S/c1-9(2,3)5-12-8-6(4-10)7(11)13-14-8/h12H,5H2,1-3H3,(H2,11,13). The minimum absolute atomic E-state index is 0.172. The molecular formula is C9H14N4S. The molecular weight excluding hydrogens is 196 g/mol. The molecule has 0 unspecified atom stereocenters. The van der Waals surface area contributed by atoms with Gasteiger partial charge in [-0.2, -0.15) is 9.64 Å². The van der Waals surface area contributed by atoms with Crippen LogP contribution in [0.5, 0.6) is 0 Å². The zero-order chi connectivity index (χ0) is 10.8. The Morgan fingerprint density at radius 1 is 1.57 bits per heavy atom. The number of hydrogen-bond acceptors (Lipinski definition) is 5. The maximum absolute atomic E-state index is 8.81. The van der Waals surface area contributed by atoms with Gasteiger partial charge < -0.3 is 11.1 Å². The minimum Gasteiger partial charge on any atom is -0.382 e. The van der Waals surface area contributed by atoms with Crippen molar-refractivity contribution in [2.75, 3.05) is 17.6 Å². The summed E-state index contributed by atoms with van der Waals surface area (Å²) in [5.41, 5.74) is 6.16. The van der Waals surface area contributed by atoms with E-state index in [2.05, 4.69) is 30.5 Å². The predicted molar refractivity (Wildman–Crippen MR) is 59.2 cm³/mol. The molecule has 1 heterocycles. The molecule has 76 valence electrons. The monoisotopic (exact) mass is 210 g/mol. The summed E-state index contributed by atoms with van der Waals surface area (Å²) in [7, 11) is 0. The lowest BCUT2D eigenvalue weighted by Crippen LogP contribution is -2.18. The zero-order valence-electron chi connectivity index (χ0n) is 8.59. The van der Waals surface area contributed by atoms with Gasteiger partial charge in [0.1, 0.15) is 16.6 Å². The van der Waals surface area contributed by atoms with Crippen LogP contribution in [0.15, 0.2) is 0 Å². The fourth-order valence-electron chi connectivity index (χ4n) is 0.877. The first-order valence-corrected chi connectivity index (χ1v) is 5.10. The fraction of sp³-hybridized carbons (Fsp3) is 0.556. The molecule has 3 N–H and O–H groups in total. The van der Waals surface area contributed by atoms with Gasteiger partial charge in [-0.1, -0.05) is 20.8 Å². The average Bonchev–Trinajstić information content (AvgIpc) is 2.41. The minimum atomic E-state index is 0.172. The highest BCUT2D eigenvalue weighted by Crippen LogP contribution is 2.26. The van der Waals surface area contributed by atoms with E-state index in [0.29, 0.717) is 11.4 Å². The van der Waals surface area contributed by atoms with Gasteiger partial charge in [0.15, 0.2) is 5.82 Å². The molecule has 4 nitrogen and oxygen atoms in total. The number of rotatable bonds is 2. The molecule has 0 radical (unpaired) electrons. The lowest BCUT2D eigenvalue weighted by atomic mass is 9.97. The normalized spacial score (nSPS) is 11.0. The molecule has 0 aliphatic carbocycles. The quantitative estimate of drug-likeness (QED) is 0.783. The summed E-state index contributed by atoms with van der Waals surface area (Å²) in [6, 6.07) is 2.04. The van der Waals surface area contributed by atoms with Crippen molar-refractivity contribution in [1.82, 2.24) is 4.37 Å². The molecule has 0 saturated heterocycles. The lowest BCUT2D eigenvalue weighted by Gasteiger charge is -2.18. The van der Waals surface area contributed by atoms with Crippen LogP contribution < -0.4 is 11.1 Å². The Morgan fingerprint density at radius 3 is 2.71 bits per heavy atom. The number of nitrogens with one attached hydrogen (secondary N) is 1. The third-order valence-electron chi connectivity index (χ3n) is 1.61. The summed E-state index contributed by atoms with van der Waals surface area (Å²) < 4.78 is 3.92. The van der Waals surface area contributed by atoms with Gasteiger partial charge in [-0.3, -0.25) is 0 Å². The van der Waals surface area contributed by atoms with Crippen molar-refractivity contribution in [1.29, 1.82) is 5.26 Å². The molecule has 0 bridgehead atoms. The van der Waals surface area contributed by atoms with Crippen LogP contribution in [0.2, 0.25) is 0 Å². The second-order valence-corrected chi connectivity index (χ2v) is 5.07. The van der Waals surface area contributed by atoms with E-state index in [1.165, 1.54) is 11.5 Å². The van der Waals surface area contributed by atoms with Crippen LogP contribution in [0.3, 0.4) is 0 Å². The van der Waals surface area contributed by atoms with Crippen molar-refractivity contribution in [3.05, 3.63) is 5.56 Å². The Morgan fingerprint density at radius 2 is 2.21 bits per heavy atom.